The summed E-state index contributed by atoms with van der Waals surface area (Å²) in [6.07, 6.45) is 0. The molecule has 0 aliphatic rings. The van der Waals surface area contributed by atoms with Gasteiger partial charge in [-0.3, -0.25) is 0 Å². The maximum Gasteiger partial charge on any atom is 0.0277 e. The first-order chi connectivity index (χ1) is 8.16. The maximum absolute atomic E-state index is 5.98. The van der Waals surface area contributed by atoms with Gasteiger partial charge in [0.05, 0.1) is 0 Å². The van der Waals surface area contributed by atoms with Crippen LogP contribution >= 0.6 is 11.8 Å². The predicted octanol–water partition coefficient (Wildman–Crippen LogP) is 4.17. The first-order valence-electron chi connectivity index (χ1n) is 5.76. The third-order valence-electron chi connectivity index (χ3n) is 2.66. The van der Waals surface area contributed by atoms with Crippen LogP contribution in [0.15, 0.2) is 58.3 Å². The fraction of sp³-hybridized carbons (Fsp3) is 0.200. The minimum atomic E-state index is 0.0733. The van der Waals surface area contributed by atoms with Gasteiger partial charge in [-0.1, -0.05) is 47.7 Å². The minimum Gasteiger partial charge on any atom is -0.324 e. The van der Waals surface area contributed by atoms with Crippen molar-refractivity contribution in [3.05, 3.63) is 59.7 Å². The van der Waals surface area contributed by atoms with Crippen molar-refractivity contribution >= 4 is 11.8 Å². The Morgan fingerprint density at radius 2 is 1.65 bits per heavy atom. The molecule has 2 heteroatoms. The molecule has 0 aliphatic carbocycles. The van der Waals surface area contributed by atoms with Gasteiger partial charge < -0.3 is 5.73 Å². The van der Waals surface area contributed by atoms with Crippen LogP contribution in [0.4, 0.5) is 0 Å². The number of hydrogen-bond acceptors (Lipinski definition) is 2. The quantitative estimate of drug-likeness (QED) is 0.875. The predicted molar refractivity (Wildman–Crippen MR) is 74.3 cm³/mol. The van der Waals surface area contributed by atoms with E-state index >= 15 is 0 Å². The molecule has 0 bridgehead atoms. The number of aryl methyl sites for hydroxylation is 1. The van der Waals surface area contributed by atoms with Gasteiger partial charge in [0.2, 0.25) is 0 Å². The van der Waals surface area contributed by atoms with E-state index < -0.39 is 0 Å². The van der Waals surface area contributed by atoms with Gasteiger partial charge in [-0.05, 0) is 37.6 Å². The molecule has 1 atom stereocenters. The molecule has 1 unspecified atom stereocenters. The largest absolute Gasteiger partial charge is 0.324 e. The second-order valence-corrected chi connectivity index (χ2v) is 5.36. The van der Waals surface area contributed by atoms with Crippen LogP contribution in [0.1, 0.15) is 24.1 Å². The van der Waals surface area contributed by atoms with Crippen molar-refractivity contribution in [2.75, 3.05) is 0 Å². The Morgan fingerprint density at radius 3 is 2.29 bits per heavy atom. The molecule has 0 aliphatic heterocycles. The van der Waals surface area contributed by atoms with Crippen molar-refractivity contribution in [2.45, 2.75) is 29.7 Å². The molecule has 0 spiro atoms. The van der Waals surface area contributed by atoms with Crippen molar-refractivity contribution in [3.63, 3.8) is 0 Å². The number of rotatable bonds is 3. The fourth-order valence-corrected chi connectivity index (χ4v) is 2.73. The minimum absolute atomic E-state index is 0.0733. The Hall–Kier alpha value is -1.25. The molecule has 0 fully saturated rings. The monoisotopic (exact) mass is 243 g/mol. The standard InChI is InChI=1S/C15H17NS/c1-11-7-9-13(10-8-11)17-15-6-4-3-5-14(15)12(2)16/h3-10,12H,16H2,1-2H3. The number of benzene rings is 2. The number of nitrogens with two attached hydrogens (primary N) is 1. The van der Waals surface area contributed by atoms with Crippen molar-refractivity contribution in [3.8, 4) is 0 Å². The summed E-state index contributed by atoms with van der Waals surface area (Å²) in [5.41, 5.74) is 8.47. The van der Waals surface area contributed by atoms with Crippen LogP contribution in [0.25, 0.3) is 0 Å². The van der Waals surface area contributed by atoms with Gasteiger partial charge in [-0.25, -0.2) is 0 Å². The summed E-state index contributed by atoms with van der Waals surface area (Å²) in [6.45, 7) is 4.12. The van der Waals surface area contributed by atoms with Gasteiger partial charge in [0, 0.05) is 15.8 Å². The molecule has 2 aromatic carbocycles. The van der Waals surface area contributed by atoms with E-state index in [0.29, 0.717) is 0 Å². The van der Waals surface area contributed by atoms with Gasteiger partial charge in [0.25, 0.3) is 0 Å². The Balaban J connectivity index is 2.26. The molecule has 2 aromatic rings. The van der Waals surface area contributed by atoms with Gasteiger partial charge in [-0.2, -0.15) is 0 Å². The summed E-state index contributed by atoms with van der Waals surface area (Å²) in [4.78, 5) is 2.50. The van der Waals surface area contributed by atoms with Crippen LogP contribution in [0.2, 0.25) is 0 Å². The molecule has 0 radical (unpaired) electrons. The summed E-state index contributed by atoms with van der Waals surface area (Å²) in [5.74, 6) is 0. The van der Waals surface area contributed by atoms with E-state index in [1.165, 1.54) is 20.9 Å². The first kappa shape index (κ1) is 12.2. The molecule has 0 heterocycles. The Labute approximate surface area is 107 Å². The van der Waals surface area contributed by atoms with E-state index in [4.69, 9.17) is 5.73 Å². The summed E-state index contributed by atoms with van der Waals surface area (Å²) in [6, 6.07) is 17.0. The molecule has 88 valence electrons. The van der Waals surface area contributed by atoms with E-state index in [0.717, 1.165) is 0 Å². The zero-order chi connectivity index (χ0) is 12.3. The van der Waals surface area contributed by atoms with E-state index in [1.54, 1.807) is 11.8 Å². The molecule has 0 saturated carbocycles. The molecule has 2 N–H and O–H groups in total. The molecule has 17 heavy (non-hydrogen) atoms. The molecule has 1 nitrogen and oxygen atoms in total. The van der Waals surface area contributed by atoms with Gasteiger partial charge in [-0.15, -0.1) is 0 Å². The van der Waals surface area contributed by atoms with Crippen LogP contribution in [0.5, 0.6) is 0 Å². The Bertz CT molecular complexity index is 489. The third-order valence-corrected chi connectivity index (χ3v) is 3.76. The maximum atomic E-state index is 5.98. The Morgan fingerprint density at radius 1 is 1.00 bits per heavy atom. The molecular formula is C15H17NS. The molecule has 0 saturated heterocycles. The zero-order valence-corrected chi connectivity index (χ0v) is 11.0. The van der Waals surface area contributed by atoms with Crippen molar-refractivity contribution in [1.82, 2.24) is 0 Å². The molecular weight excluding hydrogens is 226 g/mol. The number of hydrogen-bond donors (Lipinski definition) is 1. The van der Waals surface area contributed by atoms with Crippen molar-refractivity contribution in [2.24, 2.45) is 5.73 Å². The van der Waals surface area contributed by atoms with Gasteiger partial charge in [0.1, 0.15) is 0 Å². The highest BCUT2D eigenvalue weighted by Gasteiger charge is 2.07. The van der Waals surface area contributed by atoms with E-state index in [1.807, 2.05) is 13.0 Å². The topological polar surface area (TPSA) is 26.0 Å². The summed E-state index contributed by atoms with van der Waals surface area (Å²) < 4.78 is 0. The van der Waals surface area contributed by atoms with Crippen molar-refractivity contribution in [1.29, 1.82) is 0 Å². The highest BCUT2D eigenvalue weighted by Crippen LogP contribution is 2.32. The lowest BCUT2D eigenvalue weighted by Gasteiger charge is -2.12. The van der Waals surface area contributed by atoms with Crippen LogP contribution in [0, 0.1) is 6.92 Å². The molecule has 2 rings (SSSR count). The van der Waals surface area contributed by atoms with Crippen LogP contribution < -0.4 is 5.73 Å². The van der Waals surface area contributed by atoms with Crippen molar-refractivity contribution < 1.29 is 0 Å². The zero-order valence-electron chi connectivity index (χ0n) is 10.2. The normalized spacial score (nSPS) is 12.4. The highest BCUT2D eigenvalue weighted by atomic mass is 32.2. The van der Waals surface area contributed by atoms with Gasteiger partial charge in [0.15, 0.2) is 0 Å². The lowest BCUT2D eigenvalue weighted by molar-refractivity contribution is 0.797. The molecule has 0 aromatic heterocycles. The average Bonchev–Trinajstić information content (AvgIpc) is 2.32. The van der Waals surface area contributed by atoms with Crippen LogP contribution in [0.3, 0.4) is 0 Å². The van der Waals surface area contributed by atoms with Crippen LogP contribution in [-0.4, -0.2) is 0 Å². The fourth-order valence-electron chi connectivity index (χ4n) is 1.68. The highest BCUT2D eigenvalue weighted by molar-refractivity contribution is 7.99. The third kappa shape index (κ3) is 3.11. The lowest BCUT2D eigenvalue weighted by Crippen LogP contribution is -2.05. The smallest absolute Gasteiger partial charge is 0.0277 e. The second-order valence-electron chi connectivity index (χ2n) is 4.24. The average molecular weight is 243 g/mol. The van der Waals surface area contributed by atoms with E-state index in [9.17, 15) is 0 Å². The Kier molecular flexibility index (Phi) is 3.87. The van der Waals surface area contributed by atoms with E-state index in [-0.39, 0.29) is 6.04 Å². The first-order valence-corrected chi connectivity index (χ1v) is 6.57. The summed E-state index contributed by atoms with van der Waals surface area (Å²) in [5, 5.41) is 0. The van der Waals surface area contributed by atoms with Crippen LogP contribution in [-0.2, 0) is 0 Å². The molecule has 0 amide bonds. The summed E-state index contributed by atoms with van der Waals surface area (Å²) >= 11 is 1.77. The summed E-state index contributed by atoms with van der Waals surface area (Å²) in [7, 11) is 0. The second kappa shape index (κ2) is 5.39. The lowest BCUT2D eigenvalue weighted by atomic mass is 10.1. The van der Waals surface area contributed by atoms with Gasteiger partial charge >= 0.3 is 0 Å². The van der Waals surface area contributed by atoms with E-state index in [2.05, 4.69) is 49.4 Å². The SMILES string of the molecule is Cc1ccc(Sc2ccccc2C(C)N)cc1.